The van der Waals surface area contributed by atoms with Gasteiger partial charge in [0.15, 0.2) is 5.69 Å². The number of benzene rings is 1. The first-order chi connectivity index (χ1) is 6.24. The summed E-state index contributed by atoms with van der Waals surface area (Å²) in [5.74, 6) is 0. The lowest BCUT2D eigenvalue weighted by Gasteiger charge is -1.95. The number of halogens is 2. The Morgan fingerprint density at radius 3 is 2.92 bits per heavy atom. The van der Waals surface area contributed by atoms with E-state index < -0.39 is 0 Å². The smallest absolute Gasteiger partial charge is 0.255 e. The first-order valence-electron chi connectivity index (χ1n) is 3.34. The summed E-state index contributed by atoms with van der Waals surface area (Å²) in [4.78, 5) is 0.885. The van der Waals surface area contributed by atoms with E-state index in [1.807, 2.05) is 0 Å². The van der Waals surface area contributed by atoms with Gasteiger partial charge in [0.25, 0.3) is 7.11 Å². The molecule has 0 bridgehead atoms. The van der Waals surface area contributed by atoms with Crippen molar-refractivity contribution in [3.63, 3.8) is 0 Å². The molecule has 13 heavy (non-hydrogen) atoms. The first-order valence-corrected chi connectivity index (χ1v) is 6.21. The van der Waals surface area contributed by atoms with Crippen LogP contribution in [-0.2, 0) is 0 Å². The summed E-state index contributed by atoms with van der Waals surface area (Å²) in [6, 6.07) is 1.68. The van der Waals surface area contributed by atoms with Gasteiger partial charge in [-0.05, 0) is 0 Å². The zero-order valence-electron chi connectivity index (χ0n) is 6.51. The van der Waals surface area contributed by atoms with Gasteiger partial charge in [-0.2, -0.15) is 4.37 Å². The number of nitrogens with zero attached hydrogens (tertiary/aromatic N) is 1. The highest BCUT2D eigenvalue weighted by Crippen LogP contribution is 2.37. The molecule has 68 valence electrons. The summed E-state index contributed by atoms with van der Waals surface area (Å²) < 4.78 is 9.31. The lowest BCUT2D eigenvalue weighted by Crippen LogP contribution is -2.06. The van der Waals surface area contributed by atoms with Crippen molar-refractivity contribution in [3.05, 3.63) is 26.0 Å². The first kappa shape index (κ1) is 9.40. The number of hydrogen-bond acceptors (Lipinski definition) is 3. The van der Waals surface area contributed by atoms with E-state index in [9.17, 15) is 0 Å². The van der Waals surface area contributed by atoms with Gasteiger partial charge in [0.1, 0.15) is 0 Å². The molecule has 2 nitrogen and oxygen atoms in total. The Morgan fingerprint density at radius 1 is 1.46 bits per heavy atom. The van der Waals surface area contributed by atoms with Crippen LogP contribution in [0.2, 0.25) is 10.0 Å². The Kier molecular flexibility index (Phi) is 2.55. The highest BCUT2D eigenvalue weighted by atomic mass is 35.5. The summed E-state index contributed by atoms with van der Waals surface area (Å²) in [5, 5.41) is 1.05. The maximum Gasteiger partial charge on any atom is 0.372 e. The lowest BCUT2D eigenvalue weighted by atomic mass is 10.2. The lowest BCUT2D eigenvalue weighted by molar-refractivity contribution is 1.41. The maximum atomic E-state index is 5.99. The van der Waals surface area contributed by atoms with Gasteiger partial charge in [-0.3, -0.25) is 4.42 Å². The summed E-state index contributed by atoms with van der Waals surface area (Å²) in [6.07, 6.45) is 0. The van der Waals surface area contributed by atoms with Crippen LogP contribution in [0.25, 0.3) is 10.6 Å². The minimum absolute atomic E-state index is 0.502. The van der Waals surface area contributed by atoms with Gasteiger partial charge >= 0.3 is 5.43 Å². The Hall–Kier alpha value is -0.160. The molecule has 2 rings (SSSR count). The fourth-order valence-corrected chi connectivity index (χ4v) is 3.51. The third-order valence-electron chi connectivity index (χ3n) is 1.58. The van der Waals surface area contributed by atoms with Gasteiger partial charge in [-0.25, -0.2) is 0 Å². The van der Waals surface area contributed by atoms with Gasteiger partial charge < -0.3 is 0 Å². The SMILES string of the molecule is C[O+]=c1cc(Cl)c(Cl)c2ssnc1-2. The molecule has 1 aliphatic carbocycles. The Bertz CT molecular complexity index is 476. The second kappa shape index (κ2) is 3.53. The second-order valence-electron chi connectivity index (χ2n) is 2.30. The number of hydrogen-bond donors (Lipinski definition) is 0. The van der Waals surface area contributed by atoms with Crippen molar-refractivity contribution >= 4 is 44.1 Å². The maximum absolute atomic E-state index is 5.99. The molecule has 0 aromatic heterocycles. The van der Waals surface area contributed by atoms with E-state index in [1.54, 1.807) is 13.2 Å². The highest BCUT2D eigenvalue weighted by molar-refractivity contribution is 7.68. The molecular weight excluding hydrogens is 249 g/mol. The molecule has 0 amide bonds. The van der Waals surface area contributed by atoms with Gasteiger partial charge in [-0.1, -0.05) is 33.5 Å². The van der Waals surface area contributed by atoms with Crippen molar-refractivity contribution in [2.45, 2.75) is 0 Å². The molecule has 0 fully saturated rings. The molecule has 0 spiro atoms. The monoisotopic (exact) mass is 252 g/mol. The molecule has 0 radical (unpaired) electrons. The Balaban J connectivity index is 2.94. The normalized spacial score (nSPS) is 12.7. The summed E-state index contributed by atoms with van der Waals surface area (Å²) >= 11 is 11.9. The van der Waals surface area contributed by atoms with Crippen molar-refractivity contribution in [1.82, 2.24) is 4.37 Å². The molecule has 0 unspecified atom stereocenters. The molecule has 0 atom stereocenters. The second-order valence-corrected chi connectivity index (χ2v) is 4.94. The Morgan fingerprint density at radius 2 is 2.23 bits per heavy atom. The molecule has 1 aliphatic heterocycles. The quantitative estimate of drug-likeness (QED) is 0.522. The average molecular weight is 253 g/mol. The number of rotatable bonds is 0. The zero-order chi connectivity index (χ0) is 9.42. The van der Waals surface area contributed by atoms with Crippen molar-refractivity contribution in [3.8, 4) is 10.6 Å². The largest absolute Gasteiger partial charge is 0.372 e. The van der Waals surface area contributed by atoms with E-state index in [1.165, 1.54) is 20.9 Å². The van der Waals surface area contributed by atoms with Gasteiger partial charge in [-0.15, -0.1) is 0 Å². The minimum Gasteiger partial charge on any atom is -0.255 e. The molecule has 1 heterocycles. The molecule has 0 saturated heterocycles. The molecule has 0 aromatic carbocycles. The van der Waals surface area contributed by atoms with E-state index in [0.717, 1.165) is 10.6 Å². The van der Waals surface area contributed by atoms with Crippen LogP contribution in [0.3, 0.4) is 0 Å². The standard InChI is InChI=1S/C7H4Cl2NOS2/c1-11-4-2-3(8)5(9)7-6(4)10-13-12-7/h2H,1H3/q+1. The van der Waals surface area contributed by atoms with Crippen LogP contribution in [0.5, 0.6) is 0 Å². The van der Waals surface area contributed by atoms with Gasteiger partial charge in [0, 0.05) is 10.5 Å². The van der Waals surface area contributed by atoms with Crippen LogP contribution in [-0.4, -0.2) is 11.5 Å². The van der Waals surface area contributed by atoms with Crippen molar-refractivity contribution in [1.29, 1.82) is 0 Å². The van der Waals surface area contributed by atoms with E-state index >= 15 is 0 Å². The predicted molar refractivity (Wildman–Crippen MR) is 58.8 cm³/mol. The minimum atomic E-state index is 0.502. The molecule has 0 aromatic rings. The van der Waals surface area contributed by atoms with E-state index in [0.29, 0.717) is 15.5 Å². The van der Waals surface area contributed by atoms with Crippen LogP contribution >= 0.6 is 44.1 Å². The summed E-state index contributed by atoms with van der Waals surface area (Å²) in [6.45, 7) is 0. The molecule has 6 heteroatoms. The van der Waals surface area contributed by atoms with E-state index in [-0.39, 0.29) is 0 Å². The van der Waals surface area contributed by atoms with Crippen molar-refractivity contribution in [2.75, 3.05) is 7.11 Å². The number of fused-ring (bicyclic) bond motifs is 1. The molecule has 0 saturated carbocycles. The van der Waals surface area contributed by atoms with E-state index in [4.69, 9.17) is 27.6 Å². The van der Waals surface area contributed by atoms with Crippen molar-refractivity contribution < 1.29 is 0 Å². The summed E-state index contributed by atoms with van der Waals surface area (Å²) in [5.41, 5.74) is 1.45. The summed E-state index contributed by atoms with van der Waals surface area (Å²) in [7, 11) is 4.45. The highest BCUT2D eigenvalue weighted by Gasteiger charge is 2.21. The van der Waals surface area contributed by atoms with Crippen LogP contribution in [0.4, 0.5) is 0 Å². The molecular formula is C7H4Cl2NOS2+. The molecule has 2 aliphatic rings. The predicted octanol–water partition coefficient (Wildman–Crippen LogP) is 3.14. The van der Waals surface area contributed by atoms with E-state index in [2.05, 4.69) is 4.37 Å². The number of aromatic nitrogens is 1. The van der Waals surface area contributed by atoms with Crippen LogP contribution < -0.4 is 5.43 Å². The fraction of sp³-hybridized carbons (Fsp3) is 0.143. The van der Waals surface area contributed by atoms with Gasteiger partial charge in [0.2, 0.25) is 0 Å². The topological polar surface area (TPSA) is 24.2 Å². The van der Waals surface area contributed by atoms with Crippen LogP contribution in [0, 0.1) is 0 Å². The van der Waals surface area contributed by atoms with Crippen LogP contribution in [0.1, 0.15) is 0 Å². The Labute approximate surface area is 92.0 Å². The zero-order valence-corrected chi connectivity index (χ0v) is 9.65. The average Bonchev–Trinajstić information content (AvgIpc) is 2.60. The van der Waals surface area contributed by atoms with Crippen molar-refractivity contribution in [2.24, 2.45) is 0 Å². The van der Waals surface area contributed by atoms with Crippen LogP contribution in [0.15, 0.2) is 10.5 Å². The third kappa shape index (κ3) is 1.48. The third-order valence-corrected chi connectivity index (χ3v) is 4.33. The fourth-order valence-electron chi connectivity index (χ4n) is 0.982. The van der Waals surface area contributed by atoms with Gasteiger partial charge in [0.05, 0.1) is 21.0 Å². The molecule has 0 N–H and O–H groups in total.